The van der Waals surface area contributed by atoms with Gasteiger partial charge in [-0.15, -0.1) is 0 Å². The van der Waals surface area contributed by atoms with Gasteiger partial charge in [-0.25, -0.2) is 13.2 Å². The highest BCUT2D eigenvalue weighted by Crippen LogP contribution is 2.17. The molecule has 6 heteroatoms. The van der Waals surface area contributed by atoms with E-state index in [1.807, 2.05) is 0 Å². The topological polar surface area (TPSA) is 32.3 Å². The summed E-state index contributed by atoms with van der Waals surface area (Å²) in [6.07, 6.45) is 0.0871. The first-order valence-electron chi connectivity index (χ1n) is 6.68. The molecule has 3 nitrogen and oxygen atoms in total. The lowest BCUT2D eigenvalue weighted by Gasteiger charge is -2.19. The van der Waals surface area contributed by atoms with Crippen molar-refractivity contribution in [3.05, 3.63) is 59.9 Å². The molecule has 116 valence electrons. The van der Waals surface area contributed by atoms with Crippen LogP contribution in [-0.4, -0.2) is 19.5 Å². The Morgan fingerprint density at radius 2 is 1.77 bits per heavy atom. The van der Waals surface area contributed by atoms with Gasteiger partial charge in [0.1, 0.15) is 5.82 Å². The fraction of sp³-hybridized carbons (Fsp3) is 0.188. The van der Waals surface area contributed by atoms with Crippen LogP contribution in [0.2, 0.25) is 0 Å². The van der Waals surface area contributed by atoms with Crippen molar-refractivity contribution in [3.8, 4) is 0 Å². The van der Waals surface area contributed by atoms with Crippen molar-refractivity contribution in [2.45, 2.75) is 6.42 Å². The molecule has 0 spiro atoms. The summed E-state index contributed by atoms with van der Waals surface area (Å²) in [5.74, 6) is -2.74. The molecule has 0 aliphatic carbocycles. The molecule has 1 N–H and O–H groups in total. The zero-order valence-electron chi connectivity index (χ0n) is 11.9. The summed E-state index contributed by atoms with van der Waals surface area (Å²) in [5, 5.41) is 2.47. The molecular formula is C16H15F3N2O. The highest BCUT2D eigenvalue weighted by atomic mass is 19.2. The molecule has 0 bridgehead atoms. The highest BCUT2D eigenvalue weighted by molar-refractivity contribution is 5.91. The number of amides is 1. The van der Waals surface area contributed by atoms with E-state index in [4.69, 9.17) is 0 Å². The van der Waals surface area contributed by atoms with Crippen LogP contribution in [0.5, 0.6) is 0 Å². The monoisotopic (exact) mass is 308 g/mol. The third-order valence-corrected chi connectivity index (χ3v) is 3.14. The Balaban J connectivity index is 1.90. The summed E-state index contributed by atoms with van der Waals surface area (Å²) in [6, 6.07) is 9.37. The number of benzene rings is 2. The van der Waals surface area contributed by atoms with Crippen LogP contribution in [0.15, 0.2) is 42.5 Å². The normalized spacial score (nSPS) is 10.4. The molecule has 0 radical (unpaired) electrons. The molecule has 0 aliphatic rings. The summed E-state index contributed by atoms with van der Waals surface area (Å²) in [7, 11) is 1.67. The van der Waals surface area contributed by atoms with E-state index in [2.05, 4.69) is 5.32 Å². The van der Waals surface area contributed by atoms with E-state index in [0.717, 1.165) is 12.1 Å². The minimum atomic E-state index is -1.03. The average molecular weight is 308 g/mol. The molecule has 0 aliphatic heterocycles. The molecule has 0 unspecified atom stereocenters. The van der Waals surface area contributed by atoms with Gasteiger partial charge in [-0.1, -0.05) is 12.1 Å². The molecule has 0 heterocycles. The molecule has 2 rings (SSSR count). The summed E-state index contributed by atoms with van der Waals surface area (Å²) < 4.78 is 39.4. The van der Waals surface area contributed by atoms with Gasteiger partial charge in [0.25, 0.3) is 0 Å². The van der Waals surface area contributed by atoms with Crippen LogP contribution in [0.4, 0.5) is 24.5 Å². The van der Waals surface area contributed by atoms with Gasteiger partial charge in [0, 0.05) is 31.8 Å². The Kier molecular flexibility index (Phi) is 5.04. The van der Waals surface area contributed by atoms with E-state index < -0.39 is 11.6 Å². The first-order chi connectivity index (χ1) is 10.5. The van der Waals surface area contributed by atoms with E-state index in [1.165, 1.54) is 12.1 Å². The Hall–Kier alpha value is -2.50. The van der Waals surface area contributed by atoms with Crippen molar-refractivity contribution in [3.63, 3.8) is 0 Å². The maximum Gasteiger partial charge on any atom is 0.226 e. The van der Waals surface area contributed by atoms with Gasteiger partial charge >= 0.3 is 0 Å². The number of rotatable bonds is 5. The van der Waals surface area contributed by atoms with Gasteiger partial charge < -0.3 is 10.2 Å². The van der Waals surface area contributed by atoms with Crippen molar-refractivity contribution >= 4 is 17.3 Å². The first-order valence-corrected chi connectivity index (χ1v) is 6.68. The quantitative estimate of drug-likeness (QED) is 0.916. The molecular weight excluding hydrogens is 293 g/mol. The van der Waals surface area contributed by atoms with Crippen molar-refractivity contribution < 1.29 is 18.0 Å². The van der Waals surface area contributed by atoms with E-state index >= 15 is 0 Å². The zero-order valence-corrected chi connectivity index (χ0v) is 11.9. The van der Waals surface area contributed by atoms with E-state index in [0.29, 0.717) is 5.69 Å². The van der Waals surface area contributed by atoms with Gasteiger partial charge in [0.05, 0.1) is 5.69 Å². The van der Waals surface area contributed by atoms with Gasteiger partial charge in [-0.05, 0) is 24.3 Å². The van der Waals surface area contributed by atoms with E-state index in [1.54, 1.807) is 30.1 Å². The lowest BCUT2D eigenvalue weighted by molar-refractivity contribution is -0.116. The first kappa shape index (κ1) is 15.9. The molecule has 0 atom stereocenters. The summed E-state index contributed by atoms with van der Waals surface area (Å²) in [4.78, 5) is 13.4. The number of nitrogens with zero attached hydrogens (tertiary/aromatic N) is 1. The Morgan fingerprint density at radius 1 is 1.05 bits per heavy atom. The van der Waals surface area contributed by atoms with Crippen molar-refractivity contribution in [1.82, 2.24) is 0 Å². The molecule has 22 heavy (non-hydrogen) atoms. The second kappa shape index (κ2) is 6.98. The number of para-hydroxylation sites is 1. The molecule has 0 fully saturated rings. The predicted octanol–water partition coefficient (Wildman–Crippen LogP) is 3.57. The number of carbonyl (C=O) groups excluding carboxylic acids is 1. The second-order valence-electron chi connectivity index (χ2n) is 4.80. The smallest absolute Gasteiger partial charge is 0.226 e. The highest BCUT2D eigenvalue weighted by Gasteiger charge is 2.10. The summed E-state index contributed by atoms with van der Waals surface area (Å²) >= 11 is 0. The number of nitrogens with one attached hydrogen (secondary N) is 1. The number of hydrogen-bond acceptors (Lipinski definition) is 2. The van der Waals surface area contributed by atoms with E-state index in [9.17, 15) is 18.0 Å². The van der Waals surface area contributed by atoms with Crippen LogP contribution < -0.4 is 10.2 Å². The fourth-order valence-electron chi connectivity index (χ4n) is 1.95. The molecule has 2 aromatic rings. The van der Waals surface area contributed by atoms with Gasteiger partial charge in [-0.2, -0.15) is 0 Å². The van der Waals surface area contributed by atoms with Crippen LogP contribution in [-0.2, 0) is 4.79 Å². The van der Waals surface area contributed by atoms with Crippen LogP contribution in [0, 0.1) is 17.5 Å². The number of hydrogen-bond donors (Lipinski definition) is 1. The van der Waals surface area contributed by atoms with Crippen LogP contribution in [0.1, 0.15) is 6.42 Å². The van der Waals surface area contributed by atoms with Gasteiger partial charge in [-0.3, -0.25) is 4.79 Å². The second-order valence-corrected chi connectivity index (χ2v) is 4.80. The van der Waals surface area contributed by atoms with E-state index in [-0.39, 0.29) is 30.4 Å². The third kappa shape index (κ3) is 4.00. The maximum absolute atomic E-state index is 13.6. The average Bonchev–Trinajstić information content (AvgIpc) is 2.49. The fourth-order valence-corrected chi connectivity index (χ4v) is 1.95. The number of anilines is 2. The van der Waals surface area contributed by atoms with Crippen LogP contribution >= 0.6 is 0 Å². The van der Waals surface area contributed by atoms with Crippen molar-refractivity contribution in [2.75, 3.05) is 23.8 Å². The summed E-state index contributed by atoms with van der Waals surface area (Å²) in [6.45, 7) is 0.288. The maximum atomic E-state index is 13.6. The predicted molar refractivity (Wildman–Crippen MR) is 79.3 cm³/mol. The standard InChI is InChI=1S/C16H15F3N2O/c1-21(15-5-3-2-4-13(15)18)9-8-16(22)20-11-6-7-12(17)14(19)10-11/h2-7,10H,8-9H2,1H3,(H,20,22). The Labute approximate surface area is 126 Å². The lowest BCUT2D eigenvalue weighted by Crippen LogP contribution is -2.24. The summed E-state index contributed by atoms with van der Waals surface area (Å²) in [5.41, 5.74) is 0.570. The Morgan fingerprint density at radius 3 is 2.45 bits per heavy atom. The minimum Gasteiger partial charge on any atom is -0.372 e. The molecule has 1 amide bonds. The molecule has 0 saturated heterocycles. The van der Waals surface area contributed by atoms with Gasteiger partial charge in [0.15, 0.2) is 11.6 Å². The molecule has 0 aromatic heterocycles. The van der Waals surface area contributed by atoms with Crippen LogP contribution in [0.25, 0.3) is 0 Å². The molecule has 2 aromatic carbocycles. The lowest BCUT2D eigenvalue weighted by atomic mass is 10.2. The zero-order chi connectivity index (χ0) is 16.1. The molecule has 0 saturated carbocycles. The van der Waals surface area contributed by atoms with Gasteiger partial charge in [0.2, 0.25) is 5.91 Å². The minimum absolute atomic E-state index is 0.0871. The third-order valence-electron chi connectivity index (χ3n) is 3.14. The van der Waals surface area contributed by atoms with Crippen LogP contribution in [0.3, 0.4) is 0 Å². The van der Waals surface area contributed by atoms with Crippen molar-refractivity contribution in [1.29, 1.82) is 0 Å². The largest absolute Gasteiger partial charge is 0.372 e. The number of carbonyl (C=O) groups is 1. The van der Waals surface area contributed by atoms with Crippen molar-refractivity contribution in [2.24, 2.45) is 0 Å². The SMILES string of the molecule is CN(CCC(=O)Nc1ccc(F)c(F)c1)c1ccccc1F. The number of halogens is 3. The Bertz CT molecular complexity index is 676.